The zero-order valence-corrected chi connectivity index (χ0v) is 13.6. The quantitative estimate of drug-likeness (QED) is 0.835. The molecule has 2 N–H and O–H groups in total. The van der Waals surface area contributed by atoms with Gasteiger partial charge in [-0.3, -0.25) is 0 Å². The Morgan fingerprint density at radius 1 is 1.29 bits per heavy atom. The molecule has 5 heteroatoms. The first-order valence-electron chi connectivity index (χ1n) is 8.24. The first-order chi connectivity index (χ1) is 9.85. The Hall–Kier alpha value is -0.810. The highest BCUT2D eigenvalue weighted by molar-refractivity contribution is 5.68. The van der Waals surface area contributed by atoms with Crippen molar-refractivity contribution < 1.29 is 14.6 Å². The van der Waals surface area contributed by atoms with Crippen molar-refractivity contribution in [3.8, 4) is 0 Å². The molecular formula is C16H30N2O3. The molecule has 21 heavy (non-hydrogen) atoms. The van der Waals surface area contributed by atoms with Crippen molar-refractivity contribution in [1.82, 2.24) is 10.2 Å². The Bertz CT molecular complexity index is 350. The molecular weight excluding hydrogens is 268 g/mol. The van der Waals surface area contributed by atoms with Gasteiger partial charge in [-0.15, -0.1) is 0 Å². The van der Waals surface area contributed by atoms with E-state index in [1.807, 2.05) is 25.7 Å². The fourth-order valence-electron chi connectivity index (χ4n) is 2.74. The minimum Gasteiger partial charge on any atom is -0.444 e. The predicted octanol–water partition coefficient (Wildman–Crippen LogP) is 2.14. The molecule has 1 aliphatic heterocycles. The molecule has 0 aromatic carbocycles. The van der Waals surface area contributed by atoms with Crippen molar-refractivity contribution >= 4 is 6.09 Å². The Balaban J connectivity index is 1.72. The summed E-state index contributed by atoms with van der Waals surface area (Å²) in [4.78, 5) is 13.9. The van der Waals surface area contributed by atoms with Crippen LogP contribution in [-0.2, 0) is 4.74 Å². The Kier molecular flexibility index (Phi) is 5.49. The van der Waals surface area contributed by atoms with E-state index in [1.165, 1.54) is 12.8 Å². The van der Waals surface area contributed by atoms with Crippen LogP contribution in [0.5, 0.6) is 0 Å². The molecule has 2 fully saturated rings. The third-order valence-corrected chi connectivity index (χ3v) is 4.16. The third kappa shape index (κ3) is 5.83. The average Bonchev–Trinajstić information content (AvgIpc) is 3.20. The van der Waals surface area contributed by atoms with E-state index in [0.29, 0.717) is 18.5 Å². The van der Waals surface area contributed by atoms with Gasteiger partial charge in [0.1, 0.15) is 5.60 Å². The minimum absolute atomic E-state index is 0.199. The first-order valence-corrected chi connectivity index (χ1v) is 8.24. The van der Waals surface area contributed by atoms with Gasteiger partial charge in [-0.2, -0.15) is 0 Å². The van der Waals surface area contributed by atoms with E-state index in [4.69, 9.17) is 4.74 Å². The van der Waals surface area contributed by atoms with E-state index >= 15 is 0 Å². The number of aliphatic hydroxyl groups excluding tert-OH is 1. The van der Waals surface area contributed by atoms with Gasteiger partial charge in [0.05, 0.1) is 6.10 Å². The van der Waals surface area contributed by atoms with Crippen LogP contribution in [0.2, 0.25) is 0 Å². The van der Waals surface area contributed by atoms with E-state index in [1.54, 1.807) is 0 Å². The molecule has 0 bridgehead atoms. The molecule has 1 amide bonds. The molecule has 2 aliphatic rings. The van der Waals surface area contributed by atoms with Gasteiger partial charge in [0.2, 0.25) is 0 Å². The van der Waals surface area contributed by atoms with Crippen LogP contribution >= 0.6 is 0 Å². The zero-order chi connectivity index (χ0) is 15.5. The van der Waals surface area contributed by atoms with Crippen molar-refractivity contribution in [1.29, 1.82) is 0 Å². The molecule has 1 saturated carbocycles. The number of nitrogens with one attached hydrogen (secondary N) is 1. The molecule has 0 aromatic heterocycles. The lowest BCUT2D eigenvalue weighted by Gasteiger charge is -2.26. The summed E-state index contributed by atoms with van der Waals surface area (Å²) in [5.41, 5.74) is -0.435. The second-order valence-electron chi connectivity index (χ2n) is 7.41. The molecule has 5 nitrogen and oxygen atoms in total. The van der Waals surface area contributed by atoms with Gasteiger partial charge in [-0.05, 0) is 58.8 Å². The highest BCUT2D eigenvalue weighted by atomic mass is 16.6. The number of aliphatic hydroxyl groups is 1. The van der Waals surface area contributed by atoms with Crippen LogP contribution in [0.4, 0.5) is 4.79 Å². The minimum atomic E-state index is -0.435. The van der Waals surface area contributed by atoms with E-state index in [2.05, 4.69) is 5.32 Å². The van der Waals surface area contributed by atoms with Gasteiger partial charge in [0.25, 0.3) is 0 Å². The number of hydrogen-bond acceptors (Lipinski definition) is 4. The second kappa shape index (κ2) is 6.97. The van der Waals surface area contributed by atoms with E-state index in [0.717, 1.165) is 32.4 Å². The zero-order valence-electron chi connectivity index (χ0n) is 13.6. The van der Waals surface area contributed by atoms with Crippen molar-refractivity contribution in [2.45, 2.75) is 70.6 Å². The largest absolute Gasteiger partial charge is 0.444 e. The van der Waals surface area contributed by atoms with Crippen LogP contribution in [0.1, 0.15) is 52.9 Å². The topological polar surface area (TPSA) is 61.8 Å². The maximum absolute atomic E-state index is 12.1. The number of rotatable bonds is 4. The van der Waals surface area contributed by atoms with Gasteiger partial charge in [-0.25, -0.2) is 4.79 Å². The Morgan fingerprint density at radius 3 is 2.62 bits per heavy atom. The van der Waals surface area contributed by atoms with Crippen LogP contribution in [0, 0.1) is 5.92 Å². The maximum atomic E-state index is 12.1. The average molecular weight is 298 g/mol. The Labute approximate surface area is 128 Å². The number of ether oxygens (including phenoxy) is 1. The van der Waals surface area contributed by atoms with Gasteiger partial charge in [0, 0.05) is 25.7 Å². The molecule has 0 spiro atoms. The smallest absolute Gasteiger partial charge is 0.410 e. The van der Waals surface area contributed by atoms with Crippen LogP contribution in [0.3, 0.4) is 0 Å². The van der Waals surface area contributed by atoms with E-state index in [-0.39, 0.29) is 12.2 Å². The monoisotopic (exact) mass is 298 g/mol. The van der Waals surface area contributed by atoms with Gasteiger partial charge < -0.3 is 20.1 Å². The number of carbonyl (C=O) groups is 1. The highest BCUT2D eigenvalue weighted by Gasteiger charge is 2.30. The summed E-state index contributed by atoms with van der Waals surface area (Å²) in [6, 6.07) is 0.394. The summed E-state index contributed by atoms with van der Waals surface area (Å²) >= 11 is 0. The molecule has 122 valence electrons. The summed E-state index contributed by atoms with van der Waals surface area (Å²) in [5.74, 6) is 0.515. The van der Waals surface area contributed by atoms with Gasteiger partial charge in [-0.1, -0.05) is 0 Å². The standard InChI is InChI=1S/C16H30N2O3/c1-16(2,3)21-15(20)18-9-4-5-13(8-10-18)17-11-14(19)12-6-7-12/h12-14,17,19H,4-11H2,1-3H3. The molecule has 2 atom stereocenters. The normalized spacial score (nSPS) is 25.3. The second-order valence-corrected chi connectivity index (χ2v) is 7.41. The predicted molar refractivity (Wildman–Crippen MR) is 82.2 cm³/mol. The summed E-state index contributed by atoms with van der Waals surface area (Å²) in [5, 5.41) is 13.4. The van der Waals surface area contributed by atoms with Crippen LogP contribution in [0.25, 0.3) is 0 Å². The molecule has 0 radical (unpaired) electrons. The van der Waals surface area contributed by atoms with Crippen LogP contribution in [0.15, 0.2) is 0 Å². The van der Waals surface area contributed by atoms with E-state index in [9.17, 15) is 9.90 Å². The summed E-state index contributed by atoms with van der Waals surface area (Å²) in [6.07, 6.45) is 4.89. The molecule has 1 heterocycles. The maximum Gasteiger partial charge on any atom is 0.410 e. The lowest BCUT2D eigenvalue weighted by Crippen LogP contribution is -2.39. The molecule has 0 aromatic rings. The summed E-state index contributed by atoms with van der Waals surface area (Å²) < 4.78 is 5.43. The van der Waals surface area contributed by atoms with E-state index < -0.39 is 5.60 Å². The van der Waals surface area contributed by atoms with Gasteiger partial charge >= 0.3 is 6.09 Å². The lowest BCUT2D eigenvalue weighted by molar-refractivity contribution is 0.0255. The van der Waals surface area contributed by atoms with Crippen molar-refractivity contribution in [2.75, 3.05) is 19.6 Å². The molecule has 2 rings (SSSR count). The lowest BCUT2D eigenvalue weighted by atomic mass is 10.1. The number of nitrogens with zero attached hydrogens (tertiary/aromatic N) is 1. The number of likely N-dealkylation sites (tertiary alicyclic amines) is 1. The molecule has 1 aliphatic carbocycles. The summed E-state index contributed by atoms with van der Waals surface area (Å²) in [7, 11) is 0. The fraction of sp³-hybridized carbons (Fsp3) is 0.938. The first kappa shape index (κ1) is 16.6. The van der Waals surface area contributed by atoms with Crippen LogP contribution in [-0.4, -0.2) is 53.5 Å². The SMILES string of the molecule is CC(C)(C)OC(=O)N1CCCC(NCC(O)C2CC2)CC1. The highest BCUT2D eigenvalue weighted by Crippen LogP contribution is 2.32. The Morgan fingerprint density at radius 2 is 2.00 bits per heavy atom. The molecule has 2 unspecified atom stereocenters. The van der Waals surface area contributed by atoms with Crippen molar-refractivity contribution in [2.24, 2.45) is 5.92 Å². The summed E-state index contributed by atoms with van der Waals surface area (Å²) in [6.45, 7) is 7.86. The fourth-order valence-corrected chi connectivity index (χ4v) is 2.74. The number of amides is 1. The van der Waals surface area contributed by atoms with Gasteiger partial charge in [0.15, 0.2) is 0 Å². The molecule has 1 saturated heterocycles. The number of hydrogen-bond donors (Lipinski definition) is 2. The number of carbonyl (C=O) groups excluding carboxylic acids is 1. The third-order valence-electron chi connectivity index (χ3n) is 4.16. The van der Waals surface area contributed by atoms with Crippen LogP contribution < -0.4 is 5.32 Å². The van der Waals surface area contributed by atoms with Crippen molar-refractivity contribution in [3.63, 3.8) is 0 Å². The van der Waals surface area contributed by atoms with Crippen molar-refractivity contribution in [3.05, 3.63) is 0 Å².